The lowest BCUT2D eigenvalue weighted by Crippen LogP contribution is -2.66. The molecule has 2 amide bonds. The van der Waals surface area contributed by atoms with Crippen molar-refractivity contribution in [2.24, 2.45) is 41.4 Å². The third kappa shape index (κ3) is 8.97. The SMILES string of the molecule is CC[C@@H](C(=O)[C@@H](C)[C@@H](O)[C@H](C)C1(C)O[C@@H]([C@@H](CC)C(=O)O)CC[C@@H]1C)[C@H]1O[C@]2(C=C[C@@H](NC(=O)N3CCCC3)[C@]3(CC[C@@](C)([C@H]4CC[C@](O)(CC)[C@H](C)O4)O3)O2)[C@H](C)C[C@@H]1C. The van der Waals surface area contributed by atoms with Crippen LogP contribution in [0.3, 0.4) is 0 Å². The number of aliphatic hydroxyl groups excluding tert-OH is 1. The predicted octanol–water partition coefficient (Wildman–Crippen LogP) is 7.39. The number of hydrogen-bond acceptors (Lipinski definition) is 10. The van der Waals surface area contributed by atoms with E-state index in [2.05, 4.69) is 26.1 Å². The van der Waals surface area contributed by atoms with Gasteiger partial charge in [0.25, 0.3) is 0 Å². The van der Waals surface area contributed by atoms with Crippen molar-refractivity contribution < 1.29 is 53.4 Å². The molecule has 0 saturated carbocycles. The van der Waals surface area contributed by atoms with Gasteiger partial charge in [-0.25, -0.2) is 4.79 Å². The van der Waals surface area contributed by atoms with Crippen molar-refractivity contribution in [1.29, 1.82) is 0 Å². The minimum absolute atomic E-state index is 0.0111. The zero-order chi connectivity index (χ0) is 44.9. The molecule has 0 radical (unpaired) electrons. The Bertz CT molecular complexity index is 1610. The fraction of sp³-hybridized carbons (Fsp3) is 0.896. The Hall–Kier alpha value is -2.13. The molecule has 2 spiro atoms. The highest BCUT2D eigenvalue weighted by Crippen LogP contribution is 2.54. The largest absolute Gasteiger partial charge is 0.481 e. The van der Waals surface area contributed by atoms with Gasteiger partial charge in [0.05, 0.1) is 53.2 Å². The number of urea groups is 1. The number of likely N-dealkylation sites (tertiary alicyclic amines) is 1. The quantitative estimate of drug-likeness (QED) is 0.136. The predicted molar refractivity (Wildman–Crippen MR) is 230 cm³/mol. The Balaban J connectivity index is 1.25. The Morgan fingerprint density at radius 1 is 0.885 bits per heavy atom. The Kier molecular flexibility index (Phi) is 14.6. The smallest absolute Gasteiger partial charge is 0.318 e. The van der Waals surface area contributed by atoms with Crippen LogP contribution >= 0.6 is 0 Å². The van der Waals surface area contributed by atoms with E-state index in [0.717, 1.165) is 19.3 Å². The molecule has 5 saturated heterocycles. The lowest BCUT2D eigenvalue weighted by atomic mass is 9.68. The normalized spacial score (nSPS) is 44.1. The second-order valence-electron chi connectivity index (χ2n) is 20.6. The lowest BCUT2D eigenvalue weighted by Gasteiger charge is -2.55. The van der Waals surface area contributed by atoms with Gasteiger partial charge in [0, 0.05) is 43.2 Å². The number of rotatable bonds is 13. The first kappa shape index (κ1) is 48.3. The van der Waals surface area contributed by atoms with Gasteiger partial charge in [-0.05, 0) is 109 Å². The summed E-state index contributed by atoms with van der Waals surface area (Å²) in [5.74, 6) is -6.02. The highest BCUT2D eigenvalue weighted by atomic mass is 16.8. The number of carboxylic acid groups (broad SMARTS) is 1. The number of nitrogens with zero attached hydrogens (tertiary/aromatic N) is 1. The Labute approximate surface area is 365 Å². The summed E-state index contributed by atoms with van der Waals surface area (Å²) in [4.78, 5) is 42.4. The van der Waals surface area contributed by atoms with Gasteiger partial charge in [-0.3, -0.25) is 9.59 Å². The molecular formula is C48H80N2O11. The van der Waals surface area contributed by atoms with Crippen molar-refractivity contribution >= 4 is 17.8 Å². The molecule has 61 heavy (non-hydrogen) atoms. The Morgan fingerprint density at radius 2 is 1.56 bits per heavy atom. The lowest BCUT2D eigenvalue weighted by molar-refractivity contribution is -0.398. The average Bonchev–Trinajstić information content (AvgIpc) is 3.89. The summed E-state index contributed by atoms with van der Waals surface area (Å²) in [6, 6.07) is -0.783. The minimum atomic E-state index is -1.30. The highest BCUT2D eigenvalue weighted by molar-refractivity contribution is 5.84. The monoisotopic (exact) mass is 861 g/mol. The summed E-state index contributed by atoms with van der Waals surface area (Å²) in [5, 5.41) is 36.4. The number of aliphatic carboxylic acids is 1. The van der Waals surface area contributed by atoms with Crippen molar-refractivity contribution in [3.63, 3.8) is 0 Å². The third-order valence-corrected chi connectivity index (χ3v) is 17.0. The standard InChI is InChI=1S/C48H80N2O11/c1-12-34(42(53)54)36-18-17-29(5)45(11,58-36)32(8)39(51)31(7)40(52)35(13-2)41-28(4)27-30(6)47(59-41)22-19-37(49-43(55)50-25-15-16-26-50)48(61-47)24-23-44(10,60-48)38-20-21-46(56,14-3)33(9)57-38/h19,22,28-39,41,51,56H,12-18,20-21,23-27H2,1-11H3,(H,49,55)(H,53,54)/t28-,29-,30+,31-,32-,33-,34+,35-,36+,37+,38+,39+,41-,44-,45?,46+,47-,48-/m0/s1. The van der Waals surface area contributed by atoms with Crippen LogP contribution in [0.5, 0.6) is 0 Å². The fourth-order valence-electron chi connectivity index (χ4n) is 12.0. The molecule has 0 aromatic heterocycles. The van der Waals surface area contributed by atoms with Crippen molar-refractivity contribution in [1.82, 2.24) is 10.2 Å². The summed E-state index contributed by atoms with van der Waals surface area (Å²) in [7, 11) is 0. The number of carboxylic acids is 1. The summed E-state index contributed by atoms with van der Waals surface area (Å²) in [5.41, 5.74) is -2.51. The van der Waals surface area contributed by atoms with Crippen LogP contribution in [-0.2, 0) is 33.3 Å². The second kappa shape index (κ2) is 18.4. The van der Waals surface area contributed by atoms with Gasteiger partial charge in [0.1, 0.15) is 11.8 Å². The number of carbonyl (C=O) groups is 3. The van der Waals surface area contributed by atoms with E-state index < -0.39 is 82.4 Å². The molecule has 6 heterocycles. The molecule has 5 fully saturated rings. The molecule has 13 nitrogen and oxygen atoms in total. The third-order valence-electron chi connectivity index (χ3n) is 17.0. The summed E-state index contributed by atoms with van der Waals surface area (Å²) in [6.07, 6.45) is 9.02. The number of amides is 2. The van der Waals surface area contributed by atoms with E-state index in [4.69, 9.17) is 23.7 Å². The maximum Gasteiger partial charge on any atom is 0.318 e. The maximum absolute atomic E-state index is 14.8. The van der Waals surface area contributed by atoms with Gasteiger partial charge in [-0.15, -0.1) is 0 Å². The van der Waals surface area contributed by atoms with E-state index >= 15 is 0 Å². The van der Waals surface area contributed by atoms with Gasteiger partial charge < -0.3 is 49.2 Å². The van der Waals surface area contributed by atoms with Crippen LogP contribution in [0, 0.1) is 41.4 Å². The topological polar surface area (TPSA) is 173 Å². The first-order valence-electron chi connectivity index (χ1n) is 24.0. The van der Waals surface area contributed by atoms with Crippen molar-refractivity contribution in [3.05, 3.63) is 12.2 Å². The van der Waals surface area contributed by atoms with E-state index in [1.807, 2.05) is 65.5 Å². The summed E-state index contributed by atoms with van der Waals surface area (Å²) >= 11 is 0. The van der Waals surface area contributed by atoms with E-state index in [0.29, 0.717) is 70.9 Å². The van der Waals surface area contributed by atoms with Crippen molar-refractivity contribution in [2.45, 2.75) is 218 Å². The molecule has 6 rings (SSSR count). The molecule has 6 aliphatic rings. The molecule has 0 aromatic carbocycles. The highest BCUT2D eigenvalue weighted by Gasteiger charge is 2.64. The van der Waals surface area contributed by atoms with E-state index in [-0.39, 0.29) is 41.8 Å². The number of ketones is 1. The number of nitrogens with one attached hydrogen (secondary N) is 1. The van der Waals surface area contributed by atoms with Crippen LogP contribution in [0.25, 0.3) is 0 Å². The van der Waals surface area contributed by atoms with Crippen molar-refractivity contribution in [3.8, 4) is 0 Å². The first-order valence-corrected chi connectivity index (χ1v) is 24.0. The average molecular weight is 861 g/mol. The van der Waals surface area contributed by atoms with E-state index in [1.54, 1.807) is 6.92 Å². The molecule has 4 N–H and O–H groups in total. The number of carbonyl (C=O) groups excluding carboxylic acids is 2. The van der Waals surface area contributed by atoms with Gasteiger partial charge in [0.15, 0.2) is 11.6 Å². The van der Waals surface area contributed by atoms with Crippen LogP contribution in [0.2, 0.25) is 0 Å². The zero-order valence-electron chi connectivity index (χ0n) is 39.1. The molecule has 0 bridgehead atoms. The summed E-state index contributed by atoms with van der Waals surface area (Å²) in [6.45, 7) is 23.2. The van der Waals surface area contributed by atoms with Crippen LogP contribution in [-0.4, -0.2) is 116 Å². The molecule has 13 heteroatoms. The van der Waals surface area contributed by atoms with Gasteiger partial charge in [-0.1, -0.05) is 61.5 Å². The first-order chi connectivity index (χ1) is 28.6. The van der Waals surface area contributed by atoms with Crippen LogP contribution in [0.1, 0.15) is 153 Å². The number of ether oxygens (including phenoxy) is 5. The molecule has 0 aliphatic carbocycles. The number of Topliss-reactive ketones (excluding diaryl/α,β-unsaturated/α-hetero) is 1. The molecule has 1 unspecified atom stereocenters. The molecule has 6 aliphatic heterocycles. The molecular weight excluding hydrogens is 781 g/mol. The Morgan fingerprint density at radius 3 is 2.16 bits per heavy atom. The minimum Gasteiger partial charge on any atom is -0.481 e. The maximum atomic E-state index is 14.8. The van der Waals surface area contributed by atoms with Crippen LogP contribution in [0.4, 0.5) is 4.79 Å². The van der Waals surface area contributed by atoms with Gasteiger partial charge in [0.2, 0.25) is 0 Å². The van der Waals surface area contributed by atoms with Crippen molar-refractivity contribution in [2.75, 3.05) is 13.1 Å². The van der Waals surface area contributed by atoms with E-state index in [9.17, 15) is 29.7 Å². The van der Waals surface area contributed by atoms with Gasteiger partial charge >= 0.3 is 12.0 Å². The zero-order valence-corrected chi connectivity index (χ0v) is 39.1. The number of aliphatic hydroxyl groups is 2. The number of hydrogen-bond donors (Lipinski definition) is 4. The van der Waals surface area contributed by atoms with Crippen LogP contribution in [0.15, 0.2) is 12.2 Å². The van der Waals surface area contributed by atoms with Gasteiger partial charge in [-0.2, -0.15) is 0 Å². The molecule has 348 valence electrons. The molecule has 18 atom stereocenters. The fourth-order valence-corrected chi connectivity index (χ4v) is 12.0. The van der Waals surface area contributed by atoms with Crippen LogP contribution < -0.4 is 5.32 Å². The molecule has 0 aromatic rings. The second-order valence-corrected chi connectivity index (χ2v) is 20.6. The van der Waals surface area contributed by atoms with E-state index in [1.165, 1.54) is 0 Å². The summed E-state index contributed by atoms with van der Waals surface area (Å²) < 4.78 is 34.9.